The number of ether oxygens (including phenoxy) is 1. The second-order valence-electron chi connectivity index (χ2n) is 4.48. The van der Waals surface area contributed by atoms with Gasteiger partial charge in [-0.15, -0.1) is 0 Å². The van der Waals surface area contributed by atoms with Crippen LogP contribution in [0.3, 0.4) is 0 Å². The first-order chi connectivity index (χ1) is 9.41. The standard InChI is InChI=1S/C15H17NO3S/c1-3-19-12-6-4-5-11(9-12)14-8-7-13(10-15(14)16)20(2,17)18/h4-10H,3,16H2,1-2H3. The van der Waals surface area contributed by atoms with Crippen molar-refractivity contribution in [3.63, 3.8) is 0 Å². The Kier molecular flexibility index (Phi) is 3.99. The van der Waals surface area contributed by atoms with E-state index in [0.717, 1.165) is 23.1 Å². The van der Waals surface area contributed by atoms with E-state index in [-0.39, 0.29) is 4.90 Å². The van der Waals surface area contributed by atoms with Gasteiger partial charge in [-0.05, 0) is 36.8 Å². The average molecular weight is 291 g/mol. The van der Waals surface area contributed by atoms with Crippen LogP contribution in [0.2, 0.25) is 0 Å². The van der Waals surface area contributed by atoms with Crippen LogP contribution in [0.1, 0.15) is 6.92 Å². The van der Waals surface area contributed by atoms with E-state index >= 15 is 0 Å². The summed E-state index contributed by atoms with van der Waals surface area (Å²) < 4.78 is 28.4. The van der Waals surface area contributed by atoms with Crippen molar-refractivity contribution in [2.45, 2.75) is 11.8 Å². The maximum absolute atomic E-state index is 11.5. The Morgan fingerprint density at radius 2 is 1.90 bits per heavy atom. The van der Waals surface area contributed by atoms with Gasteiger partial charge >= 0.3 is 0 Å². The lowest BCUT2D eigenvalue weighted by atomic mass is 10.0. The molecule has 20 heavy (non-hydrogen) atoms. The fraction of sp³-hybridized carbons (Fsp3) is 0.200. The van der Waals surface area contributed by atoms with Gasteiger partial charge in [-0.2, -0.15) is 0 Å². The molecule has 0 aliphatic rings. The second kappa shape index (κ2) is 5.54. The molecule has 0 fully saturated rings. The highest BCUT2D eigenvalue weighted by atomic mass is 32.2. The summed E-state index contributed by atoms with van der Waals surface area (Å²) in [5, 5.41) is 0. The molecule has 0 aromatic heterocycles. The number of benzene rings is 2. The molecule has 0 saturated heterocycles. The molecule has 0 heterocycles. The third-order valence-electron chi connectivity index (χ3n) is 2.91. The number of nitrogen functional groups attached to an aromatic ring is 1. The monoisotopic (exact) mass is 291 g/mol. The van der Waals surface area contributed by atoms with Gasteiger partial charge in [0.1, 0.15) is 5.75 Å². The van der Waals surface area contributed by atoms with Crippen molar-refractivity contribution in [3.8, 4) is 16.9 Å². The van der Waals surface area contributed by atoms with Crippen LogP contribution in [-0.2, 0) is 9.84 Å². The van der Waals surface area contributed by atoms with E-state index in [2.05, 4.69) is 0 Å². The highest BCUT2D eigenvalue weighted by molar-refractivity contribution is 7.90. The number of hydrogen-bond acceptors (Lipinski definition) is 4. The molecule has 2 aromatic rings. The number of anilines is 1. The summed E-state index contributed by atoms with van der Waals surface area (Å²) in [5.74, 6) is 0.761. The smallest absolute Gasteiger partial charge is 0.175 e. The quantitative estimate of drug-likeness (QED) is 0.879. The molecule has 0 bridgehead atoms. The fourth-order valence-corrected chi connectivity index (χ4v) is 2.61. The molecule has 4 nitrogen and oxygen atoms in total. The Hall–Kier alpha value is -2.01. The minimum Gasteiger partial charge on any atom is -0.494 e. The van der Waals surface area contributed by atoms with Crippen molar-refractivity contribution in [1.82, 2.24) is 0 Å². The molecule has 0 amide bonds. The topological polar surface area (TPSA) is 69.4 Å². The van der Waals surface area contributed by atoms with Crippen LogP contribution in [0, 0.1) is 0 Å². The van der Waals surface area contributed by atoms with Crippen LogP contribution in [0.4, 0.5) is 5.69 Å². The first kappa shape index (κ1) is 14.4. The van der Waals surface area contributed by atoms with E-state index in [1.165, 1.54) is 6.07 Å². The molecule has 106 valence electrons. The highest BCUT2D eigenvalue weighted by Crippen LogP contribution is 2.30. The molecule has 0 atom stereocenters. The number of sulfone groups is 1. The van der Waals surface area contributed by atoms with Crippen molar-refractivity contribution >= 4 is 15.5 Å². The largest absolute Gasteiger partial charge is 0.494 e. The van der Waals surface area contributed by atoms with E-state index in [9.17, 15) is 8.42 Å². The first-order valence-electron chi connectivity index (χ1n) is 6.24. The molecule has 0 unspecified atom stereocenters. The maximum Gasteiger partial charge on any atom is 0.175 e. The highest BCUT2D eigenvalue weighted by Gasteiger charge is 2.11. The Morgan fingerprint density at radius 1 is 1.15 bits per heavy atom. The van der Waals surface area contributed by atoms with Crippen LogP contribution >= 0.6 is 0 Å². The van der Waals surface area contributed by atoms with Crippen molar-refractivity contribution in [1.29, 1.82) is 0 Å². The summed E-state index contributed by atoms with van der Waals surface area (Å²) in [5.41, 5.74) is 8.09. The summed E-state index contributed by atoms with van der Waals surface area (Å²) in [7, 11) is -3.25. The summed E-state index contributed by atoms with van der Waals surface area (Å²) in [6, 6.07) is 12.3. The molecule has 5 heteroatoms. The second-order valence-corrected chi connectivity index (χ2v) is 6.50. The van der Waals surface area contributed by atoms with Crippen molar-refractivity contribution in [3.05, 3.63) is 42.5 Å². The van der Waals surface area contributed by atoms with Crippen molar-refractivity contribution in [2.75, 3.05) is 18.6 Å². The zero-order valence-corrected chi connectivity index (χ0v) is 12.3. The zero-order chi connectivity index (χ0) is 14.8. The third-order valence-corrected chi connectivity index (χ3v) is 4.02. The summed E-state index contributed by atoms with van der Waals surface area (Å²) in [4.78, 5) is 0.222. The van der Waals surface area contributed by atoms with Crippen molar-refractivity contribution < 1.29 is 13.2 Å². The molecule has 0 aliphatic heterocycles. The van der Waals surface area contributed by atoms with Crippen molar-refractivity contribution in [2.24, 2.45) is 0 Å². The van der Waals surface area contributed by atoms with Gasteiger partial charge in [-0.3, -0.25) is 0 Å². The lowest BCUT2D eigenvalue weighted by molar-refractivity contribution is 0.340. The molecular weight excluding hydrogens is 274 g/mol. The van der Waals surface area contributed by atoms with Gasteiger partial charge in [0.2, 0.25) is 0 Å². The van der Waals surface area contributed by atoms with E-state index in [1.54, 1.807) is 12.1 Å². The Labute approximate surface area is 119 Å². The van der Waals surface area contributed by atoms with Crippen LogP contribution < -0.4 is 10.5 Å². The molecule has 0 radical (unpaired) electrons. The van der Waals surface area contributed by atoms with Gasteiger partial charge in [-0.1, -0.05) is 18.2 Å². The third kappa shape index (κ3) is 3.11. The Bertz CT molecular complexity index is 724. The lowest BCUT2D eigenvalue weighted by Gasteiger charge is -2.10. The maximum atomic E-state index is 11.5. The van der Waals surface area contributed by atoms with E-state index in [0.29, 0.717) is 12.3 Å². The SMILES string of the molecule is CCOc1cccc(-c2ccc(S(C)(=O)=O)cc2N)c1. The van der Waals surface area contributed by atoms with Gasteiger partial charge in [-0.25, -0.2) is 8.42 Å². The molecular formula is C15H17NO3S. The van der Waals surface area contributed by atoms with E-state index in [1.807, 2.05) is 31.2 Å². The molecule has 2 aromatic carbocycles. The average Bonchev–Trinajstić information content (AvgIpc) is 2.38. The van der Waals surface area contributed by atoms with Gasteiger partial charge in [0.05, 0.1) is 11.5 Å². The molecule has 0 spiro atoms. The molecule has 0 aliphatic carbocycles. The van der Waals surface area contributed by atoms with Crippen LogP contribution in [0.15, 0.2) is 47.4 Å². The Morgan fingerprint density at radius 3 is 2.50 bits per heavy atom. The molecule has 0 saturated carbocycles. The minimum atomic E-state index is -3.25. The minimum absolute atomic E-state index is 0.222. The summed E-state index contributed by atoms with van der Waals surface area (Å²) >= 11 is 0. The molecule has 2 rings (SSSR count). The van der Waals surface area contributed by atoms with Gasteiger partial charge in [0, 0.05) is 17.5 Å². The van der Waals surface area contributed by atoms with Crippen LogP contribution in [0.25, 0.3) is 11.1 Å². The fourth-order valence-electron chi connectivity index (χ4n) is 1.95. The van der Waals surface area contributed by atoms with Gasteiger partial charge < -0.3 is 10.5 Å². The zero-order valence-electron chi connectivity index (χ0n) is 11.5. The summed E-state index contributed by atoms with van der Waals surface area (Å²) in [6.45, 7) is 2.51. The van der Waals surface area contributed by atoms with Gasteiger partial charge in [0.15, 0.2) is 9.84 Å². The lowest BCUT2D eigenvalue weighted by Crippen LogP contribution is -1.99. The van der Waals surface area contributed by atoms with Crippen LogP contribution in [0.5, 0.6) is 5.75 Å². The number of nitrogens with two attached hydrogens (primary N) is 1. The number of rotatable bonds is 4. The normalized spacial score (nSPS) is 11.3. The molecule has 2 N–H and O–H groups in total. The van der Waals surface area contributed by atoms with Gasteiger partial charge in [0.25, 0.3) is 0 Å². The first-order valence-corrected chi connectivity index (χ1v) is 8.14. The van der Waals surface area contributed by atoms with E-state index in [4.69, 9.17) is 10.5 Å². The number of hydrogen-bond donors (Lipinski definition) is 1. The predicted octanol–water partition coefficient (Wildman–Crippen LogP) is 2.74. The van der Waals surface area contributed by atoms with E-state index < -0.39 is 9.84 Å². The predicted molar refractivity (Wildman–Crippen MR) is 80.6 cm³/mol. The Balaban J connectivity index is 2.46. The van der Waals surface area contributed by atoms with Crippen LogP contribution in [-0.4, -0.2) is 21.3 Å². The summed E-state index contributed by atoms with van der Waals surface area (Å²) in [6.07, 6.45) is 1.16.